The van der Waals surface area contributed by atoms with Crippen LogP contribution in [0.5, 0.6) is 0 Å². The van der Waals surface area contributed by atoms with E-state index in [-0.39, 0.29) is 11.8 Å². The molecule has 2 saturated heterocycles. The Labute approximate surface area is 171 Å². The summed E-state index contributed by atoms with van der Waals surface area (Å²) in [6.45, 7) is 7.09. The molecule has 0 spiro atoms. The minimum absolute atomic E-state index is 0.137. The van der Waals surface area contributed by atoms with Crippen LogP contribution in [0.4, 0.5) is 5.13 Å². The molecule has 0 saturated carbocycles. The van der Waals surface area contributed by atoms with Crippen molar-refractivity contribution in [2.75, 3.05) is 44.2 Å². The first-order valence-electron chi connectivity index (χ1n) is 11.0. The fourth-order valence-electron chi connectivity index (χ4n) is 4.63. The Bertz CT molecular complexity index is 703. The molecule has 154 valence electrons. The summed E-state index contributed by atoms with van der Waals surface area (Å²) < 4.78 is 0. The van der Waals surface area contributed by atoms with Crippen molar-refractivity contribution in [3.63, 3.8) is 0 Å². The number of fused-ring (bicyclic) bond motifs is 1. The lowest BCUT2D eigenvalue weighted by Crippen LogP contribution is -2.48. The Balaban J connectivity index is 1.37. The summed E-state index contributed by atoms with van der Waals surface area (Å²) in [5, 5.41) is 1.08. The zero-order chi connectivity index (χ0) is 19.5. The molecule has 6 nitrogen and oxygen atoms in total. The average molecular weight is 405 g/mol. The lowest BCUT2D eigenvalue weighted by Gasteiger charge is -2.34. The van der Waals surface area contributed by atoms with Crippen LogP contribution in [0.15, 0.2) is 0 Å². The van der Waals surface area contributed by atoms with Gasteiger partial charge in [0.2, 0.25) is 11.8 Å². The van der Waals surface area contributed by atoms with Crippen molar-refractivity contribution in [1.82, 2.24) is 14.8 Å². The van der Waals surface area contributed by atoms with Gasteiger partial charge in [0.05, 0.1) is 5.69 Å². The van der Waals surface area contributed by atoms with Crippen molar-refractivity contribution < 1.29 is 9.59 Å². The van der Waals surface area contributed by atoms with Crippen LogP contribution in [-0.2, 0) is 22.4 Å². The van der Waals surface area contributed by atoms with E-state index in [0.29, 0.717) is 12.3 Å². The summed E-state index contributed by atoms with van der Waals surface area (Å²) in [5.41, 5.74) is 1.20. The van der Waals surface area contributed by atoms with Crippen LogP contribution in [0.3, 0.4) is 0 Å². The molecule has 1 aromatic rings. The van der Waals surface area contributed by atoms with Gasteiger partial charge in [0.25, 0.3) is 0 Å². The second-order valence-corrected chi connectivity index (χ2v) is 9.33. The largest absolute Gasteiger partial charge is 0.345 e. The predicted molar refractivity (Wildman–Crippen MR) is 112 cm³/mol. The number of likely N-dealkylation sites (tertiary alicyclic amines) is 1. The van der Waals surface area contributed by atoms with Crippen LogP contribution in [-0.4, -0.2) is 65.9 Å². The average Bonchev–Trinajstić information content (AvgIpc) is 2.97. The molecule has 3 heterocycles. The summed E-state index contributed by atoms with van der Waals surface area (Å²) in [7, 11) is 0. The van der Waals surface area contributed by atoms with Crippen molar-refractivity contribution in [1.29, 1.82) is 0 Å². The highest BCUT2D eigenvalue weighted by Crippen LogP contribution is 2.35. The van der Waals surface area contributed by atoms with Gasteiger partial charge in [-0.3, -0.25) is 9.59 Å². The van der Waals surface area contributed by atoms with Gasteiger partial charge in [-0.05, 0) is 32.1 Å². The summed E-state index contributed by atoms with van der Waals surface area (Å²) in [6.07, 6.45) is 8.12. The molecule has 1 atom stereocenters. The number of piperazine rings is 1. The standard InChI is InChI=1S/C21H32N4O2S/c1-2-19(26)23-11-13-25(14-12-23)21-22-17-8-7-16(15-18(17)28-21)20(27)24-9-5-3-4-6-10-24/h16H,2-15H2,1H3/t16-/m0/s1. The molecule has 0 unspecified atom stereocenters. The van der Waals surface area contributed by atoms with E-state index in [1.807, 2.05) is 11.8 Å². The smallest absolute Gasteiger partial charge is 0.226 e. The molecule has 2 fully saturated rings. The Hall–Kier alpha value is -1.63. The molecular weight excluding hydrogens is 372 g/mol. The van der Waals surface area contributed by atoms with E-state index < -0.39 is 0 Å². The second-order valence-electron chi connectivity index (χ2n) is 8.27. The van der Waals surface area contributed by atoms with E-state index in [2.05, 4.69) is 9.80 Å². The fraction of sp³-hybridized carbons (Fsp3) is 0.762. The Morgan fingerprint density at radius 3 is 2.39 bits per heavy atom. The van der Waals surface area contributed by atoms with E-state index in [9.17, 15) is 9.59 Å². The minimum Gasteiger partial charge on any atom is -0.345 e. The Kier molecular flexibility index (Phi) is 6.19. The molecule has 3 aliphatic rings. The molecule has 4 rings (SSSR count). The minimum atomic E-state index is 0.137. The molecule has 2 amide bonds. The Morgan fingerprint density at radius 1 is 1.00 bits per heavy atom. The monoisotopic (exact) mass is 404 g/mol. The zero-order valence-electron chi connectivity index (χ0n) is 17.0. The summed E-state index contributed by atoms with van der Waals surface area (Å²) in [5.74, 6) is 0.750. The van der Waals surface area contributed by atoms with Crippen LogP contribution in [0.2, 0.25) is 0 Å². The first kappa shape index (κ1) is 19.7. The first-order valence-corrected chi connectivity index (χ1v) is 11.8. The summed E-state index contributed by atoms with van der Waals surface area (Å²) in [4.78, 5) is 37.5. The van der Waals surface area contributed by atoms with Gasteiger partial charge in [0.1, 0.15) is 0 Å². The highest BCUT2D eigenvalue weighted by Gasteiger charge is 2.32. The van der Waals surface area contributed by atoms with Gasteiger partial charge < -0.3 is 14.7 Å². The van der Waals surface area contributed by atoms with E-state index in [1.165, 1.54) is 23.4 Å². The Morgan fingerprint density at radius 2 is 1.71 bits per heavy atom. The number of nitrogens with zero attached hydrogens (tertiary/aromatic N) is 4. The first-order chi connectivity index (χ1) is 13.7. The third-order valence-electron chi connectivity index (χ3n) is 6.40. The SMILES string of the molecule is CCC(=O)N1CCN(c2nc3c(s2)C[C@@H](C(=O)N2CCCCCC2)CC3)CC1. The van der Waals surface area contributed by atoms with Gasteiger partial charge in [-0.25, -0.2) is 4.98 Å². The van der Waals surface area contributed by atoms with Gasteiger partial charge in [0.15, 0.2) is 5.13 Å². The molecule has 0 N–H and O–H groups in total. The van der Waals surface area contributed by atoms with E-state index in [4.69, 9.17) is 4.98 Å². The van der Waals surface area contributed by atoms with E-state index in [0.717, 1.165) is 76.5 Å². The molecule has 0 radical (unpaired) electrons. The van der Waals surface area contributed by atoms with E-state index in [1.54, 1.807) is 11.3 Å². The maximum Gasteiger partial charge on any atom is 0.226 e. The van der Waals surface area contributed by atoms with Gasteiger partial charge in [-0.15, -0.1) is 11.3 Å². The van der Waals surface area contributed by atoms with Crippen molar-refractivity contribution in [3.05, 3.63) is 10.6 Å². The predicted octanol–water partition coefficient (Wildman–Crippen LogP) is 2.71. The number of amides is 2. The fourth-order valence-corrected chi connectivity index (χ4v) is 5.87. The molecule has 28 heavy (non-hydrogen) atoms. The maximum atomic E-state index is 13.0. The molecule has 7 heteroatoms. The normalized spacial score (nSPS) is 23.3. The van der Waals surface area contributed by atoms with Crippen molar-refractivity contribution in [2.24, 2.45) is 5.92 Å². The van der Waals surface area contributed by atoms with E-state index >= 15 is 0 Å². The van der Waals surface area contributed by atoms with Gasteiger partial charge >= 0.3 is 0 Å². The third kappa shape index (κ3) is 4.19. The number of carbonyl (C=O) groups excluding carboxylic acids is 2. The van der Waals surface area contributed by atoms with Crippen LogP contribution in [0.25, 0.3) is 0 Å². The zero-order valence-corrected chi connectivity index (χ0v) is 17.8. The number of hydrogen-bond acceptors (Lipinski definition) is 5. The third-order valence-corrected chi connectivity index (χ3v) is 7.58. The number of aromatic nitrogens is 1. The van der Waals surface area contributed by atoms with Crippen LogP contribution in [0, 0.1) is 5.92 Å². The van der Waals surface area contributed by atoms with Crippen molar-refractivity contribution in [3.8, 4) is 0 Å². The number of thiazole rings is 1. The second kappa shape index (κ2) is 8.80. The molecule has 0 bridgehead atoms. The van der Waals surface area contributed by atoms with Gasteiger partial charge in [-0.1, -0.05) is 19.8 Å². The molecule has 2 aliphatic heterocycles. The van der Waals surface area contributed by atoms with Gasteiger partial charge in [-0.2, -0.15) is 0 Å². The molecule has 1 aliphatic carbocycles. The summed E-state index contributed by atoms with van der Waals surface area (Å²) in [6, 6.07) is 0. The molecular formula is C21H32N4O2S. The maximum absolute atomic E-state index is 13.0. The number of anilines is 1. The molecule has 1 aromatic heterocycles. The van der Waals surface area contributed by atoms with Crippen LogP contribution < -0.4 is 4.90 Å². The topological polar surface area (TPSA) is 56.8 Å². The van der Waals surface area contributed by atoms with Crippen LogP contribution >= 0.6 is 11.3 Å². The van der Waals surface area contributed by atoms with Gasteiger partial charge in [0, 0.05) is 56.5 Å². The number of aryl methyl sites for hydroxylation is 1. The summed E-state index contributed by atoms with van der Waals surface area (Å²) >= 11 is 1.77. The highest BCUT2D eigenvalue weighted by molar-refractivity contribution is 7.15. The number of carbonyl (C=O) groups is 2. The van der Waals surface area contributed by atoms with Crippen molar-refractivity contribution in [2.45, 2.75) is 58.3 Å². The molecule has 0 aromatic carbocycles. The number of hydrogen-bond donors (Lipinski definition) is 0. The lowest BCUT2D eigenvalue weighted by atomic mass is 9.90. The van der Waals surface area contributed by atoms with Crippen molar-refractivity contribution >= 4 is 28.3 Å². The lowest BCUT2D eigenvalue weighted by molar-refractivity contribution is -0.136. The quantitative estimate of drug-likeness (QED) is 0.777. The highest BCUT2D eigenvalue weighted by atomic mass is 32.1. The van der Waals surface area contributed by atoms with Crippen LogP contribution in [0.1, 0.15) is 56.0 Å². The number of rotatable bonds is 3.